The third kappa shape index (κ3) is 1.64. The molecule has 0 saturated carbocycles. The first kappa shape index (κ1) is 12.8. The Morgan fingerprint density at radius 1 is 1.35 bits per heavy atom. The molecule has 0 N–H and O–H groups in total. The number of nitrogens with zero attached hydrogens (tertiary/aromatic N) is 1. The summed E-state index contributed by atoms with van der Waals surface area (Å²) in [6, 6.07) is 8.30. The lowest BCUT2D eigenvalue weighted by molar-refractivity contribution is 0.652. The maximum Gasteiger partial charge on any atom is 0.0991 e. The molecule has 0 spiro atoms. The van der Waals surface area contributed by atoms with Crippen molar-refractivity contribution in [3.05, 3.63) is 52.6 Å². The van der Waals surface area contributed by atoms with Gasteiger partial charge in [-0.05, 0) is 53.0 Å². The highest BCUT2D eigenvalue weighted by molar-refractivity contribution is 5.85. The van der Waals surface area contributed by atoms with Crippen molar-refractivity contribution in [1.29, 1.82) is 5.26 Å². The smallest absolute Gasteiger partial charge is 0.0991 e. The van der Waals surface area contributed by atoms with E-state index in [9.17, 15) is 0 Å². The molecule has 0 saturated heterocycles. The summed E-state index contributed by atoms with van der Waals surface area (Å²) in [5, 5.41) is 9.14. The lowest BCUT2D eigenvalue weighted by Crippen LogP contribution is -2.16. The van der Waals surface area contributed by atoms with E-state index in [-0.39, 0.29) is 11.3 Å². The van der Waals surface area contributed by atoms with E-state index in [1.165, 1.54) is 22.3 Å². The van der Waals surface area contributed by atoms with Gasteiger partial charge in [0, 0.05) is 11.3 Å². The Hall–Kier alpha value is -2.25. The molecule has 0 amide bonds. The molecule has 0 bridgehead atoms. The molecule has 1 heteroatoms. The van der Waals surface area contributed by atoms with Gasteiger partial charge in [0.1, 0.15) is 0 Å². The van der Waals surface area contributed by atoms with E-state index < -0.39 is 0 Å². The highest BCUT2D eigenvalue weighted by Crippen LogP contribution is 2.50. The summed E-state index contributed by atoms with van der Waals surface area (Å²) in [6.07, 6.45) is 5.14. The van der Waals surface area contributed by atoms with E-state index in [1.54, 1.807) is 0 Å². The number of hydrogen-bond donors (Lipinski definition) is 0. The second kappa shape index (κ2) is 4.39. The molecule has 1 nitrogen and oxygen atoms in total. The van der Waals surface area contributed by atoms with Gasteiger partial charge in [-0.2, -0.15) is 5.26 Å². The minimum absolute atomic E-state index is 0.0604. The largest absolute Gasteiger partial charge is 0.192 e. The van der Waals surface area contributed by atoms with Crippen LogP contribution in [-0.2, 0) is 5.41 Å². The number of benzene rings is 1. The summed E-state index contributed by atoms with van der Waals surface area (Å²) >= 11 is 0. The van der Waals surface area contributed by atoms with Gasteiger partial charge in [0.05, 0.1) is 11.6 Å². The molecule has 2 aliphatic rings. The molecule has 20 heavy (non-hydrogen) atoms. The van der Waals surface area contributed by atoms with Crippen molar-refractivity contribution in [2.24, 2.45) is 5.92 Å². The number of hydrogen-bond acceptors (Lipinski definition) is 1. The van der Waals surface area contributed by atoms with Crippen LogP contribution in [0.15, 0.2) is 35.9 Å². The molecule has 0 aromatic heterocycles. The number of nitriles is 1. The predicted octanol–water partition coefficient (Wildman–Crippen LogP) is 4.20. The zero-order valence-corrected chi connectivity index (χ0v) is 12.1. The van der Waals surface area contributed by atoms with Gasteiger partial charge >= 0.3 is 0 Å². The topological polar surface area (TPSA) is 23.8 Å². The third-order valence-corrected chi connectivity index (χ3v) is 4.42. The zero-order chi connectivity index (χ0) is 14.3. The van der Waals surface area contributed by atoms with E-state index in [0.29, 0.717) is 0 Å². The summed E-state index contributed by atoms with van der Waals surface area (Å²) in [5.41, 5.74) is 5.91. The van der Waals surface area contributed by atoms with Crippen LogP contribution in [0.5, 0.6) is 0 Å². The fourth-order valence-electron chi connectivity index (χ4n) is 3.32. The second-order valence-electron chi connectivity index (χ2n) is 5.91. The van der Waals surface area contributed by atoms with Crippen LogP contribution in [0.3, 0.4) is 0 Å². The zero-order valence-electron chi connectivity index (χ0n) is 12.1. The Morgan fingerprint density at radius 3 is 2.85 bits per heavy atom. The van der Waals surface area contributed by atoms with Crippen molar-refractivity contribution in [3.63, 3.8) is 0 Å². The molecular weight excluding hydrogens is 242 g/mol. The molecule has 0 aliphatic heterocycles. The first-order valence-corrected chi connectivity index (χ1v) is 7.07. The first-order valence-electron chi connectivity index (χ1n) is 7.07. The normalized spacial score (nSPS) is 21.4. The summed E-state index contributed by atoms with van der Waals surface area (Å²) < 4.78 is 0. The van der Waals surface area contributed by atoms with E-state index in [2.05, 4.69) is 50.8 Å². The Morgan fingerprint density at radius 2 is 2.15 bits per heavy atom. The summed E-state index contributed by atoms with van der Waals surface area (Å²) in [4.78, 5) is 0. The maximum atomic E-state index is 9.14. The molecule has 0 radical (unpaired) electrons. The van der Waals surface area contributed by atoms with Gasteiger partial charge in [-0.15, -0.1) is 0 Å². The van der Waals surface area contributed by atoms with Crippen LogP contribution in [0.2, 0.25) is 0 Å². The van der Waals surface area contributed by atoms with E-state index in [1.807, 2.05) is 18.2 Å². The lowest BCUT2D eigenvalue weighted by Gasteiger charge is -2.23. The third-order valence-electron chi connectivity index (χ3n) is 4.42. The van der Waals surface area contributed by atoms with Gasteiger partial charge in [0.2, 0.25) is 0 Å². The Labute approximate surface area is 120 Å². The molecule has 3 rings (SSSR count). The molecule has 1 aromatic rings. The summed E-state index contributed by atoms with van der Waals surface area (Å²) in [5.74, 6) is 6.78. The highest BCUT2D eigenvalue weighted by Gasteiger charge is 2.38. The molecule has 98 valence electrons. The van der Waals surface area contributed by atoms with Crippen LogP contribution < -0.4 is 0 Å². The fourth-order valence-corrected chi connectivity index (χ4v) is 3.32. The SMILES string of the molecule is CCC1C#CC=CC2=C1c1ccc(C#N)cc1C2(C)C. The average Bonchev–Trinajstić information content (AvgIpc) is 2.62. The molecule has 0 fully saturated rings. The van der Waals surface area contributed by atoms with E-state index in [4.69, 9.17) is 5.26 Å². The van der Waals surface area contributed by atoms with Gasteiger partial charge < -0.3 is 0 Å². The minimum atomic E-state index is -0.0604. The minimum Gasteiger partial charge on any atom is -0.192 e. The molecular formula is C19H17N. The molecule has 1 atom stereocenters. The van der Waals surface area contributed by atoms with Crippen LogP contribution in [0, 0.1) is 29.1 Å². The van der Waals surface area contributed by atoms with Gasteiger partial charge in [-0.25, -0.2) is 0 Å². The van der Waals surface area contributed by atoms with Crippen molar-refractivity contribution in [1.82, 2.24) is 0 Å². The van der Waals surface area contributed by atoms with Gasteiger partial charge in [0.15, 0.2) is 0 Å². The van der Waals surface area contributed by atoms with Crippen molar-refractivity contribution >= 4 is 5.57 Å². The predicted molar refractivity (Wildman–Crippen MR) is 81.8 cm³/mol. The molecule has 2 aliphatic carbocycles. The monoisotopic (exact) mass is 259 g/mol. The van der Waals surface area contributed by atoms with Crippen molar-refractivity contribution < 1.29 is 0 Å². The summed E-state index contributed by atoms with van der Waals surface area (Å²) in [7, 11) is 0. The molecule has 1 aromatic carbocycles. The van der Waals surface area contributed by atoms with Crippen molar-refractivity contribution in [2.45, 2.75) is 32.6 Å². The maximum absolute atomic E-state index is 9.14. The van der Waals surface area contributed by atoms with E-state index in [0.717, 1.165) is 12.0 Å². The van der Waals surface area contributed by atoms with Crippen molar-refractivity contribution in [3.8, 4) is 17.9 Å². The highest BCUT2D eigenvalue weighted by atomic mass is 14.4. The number of fused-ring (bicyclic) bond motifs is 2. The molecule has 0 heterocycles. The van der Waals surface area contributed by atoms with Crippen LogP contribution in [0.4, 0.5) is 0 Å². The van der Waals surface area contributed by atoms with E-state index >= 15 is 0 Å². The standard InChI is InChI=1S/C19H17N/c1-4-14-7-5-6-8-16-18(14)15-10-9-13(12-20)11-17(15)19(16,2)3/h6,8-11,14H,4H2,1-3H3. The molecule has 1 unspecified atom stereocenters. The Bertz CT molecular complexity index is 742. The van der Waals surface area contributed by atoms with Crippen molar-refractivity contribution in [2.75, 3.05) is 0 Å². The van der Waals surface area contributed by atoms with Crippen LogP contribution in [0.25, 0.3) is 5.57 Å². The van der Waals surface area contributed by atoms with Crippen LogP contribution in [-0.4, -0.2) is 0 Å². The first-order chi connectivity index (χ1) is 9.59. The average molecular weight is 259 g/mol. The summed E-state index contributed by atoms with van der Waals surface area (Å²) in [6.45, 7) is 6.65. The van der Waals surface area contributed by atoms with Crippen LogP contribution >= 0.6 is 0 Å². The fraction of sp³-hybridized carbons (Fsp3) is 0.316. The van der Waals surface area contributed by atoms with Gasteiger partial charge in [0.25, 0.3) is 0 Å². The number of allylic oxidation sites excluding steroid dienone is 4. The second-order valence-corrected chi connectivity index (χ2v) is 5.91. The quantitative estimate of drug-likeness (QED) is 0.693. The Balaban J connectivity index is 2.29. The Kier molecular flexibility index (Phi) is 2.81. The van der Waals surface area contributed by atoms with Gasteiger partial charge in [-0.3, -0.25) is 0 Å². The van der Waals surface area contributed by atoms with Gasteiger partial charge in [-0.1, -0.05) is 38.7 Å². The lowest BCUT2D eigenvalue weighted by atomic mass is 9.80. The number of rotatable bonds is 1. The van der Waals surface area contributed by atoms with Crippen LogP contribution in [0.1, 0.15) is 43.9 Å².